The van der Waals surface area contributed by atoms with Gasteiger partial charge in [0, 0.05) is 12.6 Å². The number of benzene rings is 1. The molecule has 0 aliphatic rings. The fourth-order valence-corrected chi connectivity index (χ4v) is 3.33. The van der Waals surface area contributed by atoms with Crippen LogP contribution in [0.4, 0.5) is 0 Å². The van der Waals surface area contributed by atoms with Crippen LogP contribution >= 0.6 is 11.8 Å². The van der Waals surface area contributed by atoms with E-state index in [9.17, 15) is 9.59 Å². The van der Waals surface area contributed by atoms with Crippen molar-refractivity contribution in [2.24, 2.45) is 0 Å². The van der Waals surface area contributed by atoms with E-state index >= 15 is 0 Å². The maximum Gasteiger partial charge on any atom is 0.240 e. The third-order valence-corrected chi connectivity index (χ3v) is 4.71. The van der Waals surface area contributed by atoms with Crippen LogP contribution < -0.4 is 5.32 Å². The molecule has 0 unspecified atom stereocenters. The van der Waals surface area contributed by atoms with Crippen molar-refractivity contribution in [2.75, 3.05) is 19.3 Å². The molecule has 7 nitrogen and oxygen atoms in total. The number of hydrogen-bond donors (Lipinski definition) is 1. The van der Waals surface area contributed by atoms with E-state index in [1.807, 2.05) is 45.3 Å². The maximum atomic E-state index is 12.4. The van der Waals surface area contributed by atoms with Gasteiger partial charge in [-0.05, 0) is 51.8 Å². The molecule has 2 aromatic rings. The molecular weight excluding hydrogens is 362 g/mol. The Labute approximate surface area is 164 Å². The molecule has 0 bridgehead atoms. The zero-order valence-electron chi connectivity index (χ0n) is 16.7. The van der Waals surface area contributed by atoms with Gasteiger partial charge in [-0.1, -0.05) is 23.9 Å². The van der Waals surface area contributed by atoms with Gasteiger partial charge in [0.15, 0.2) is 5.16 Å². The highest BCUT2D eigenvalue weighted by Crippen LogP contribution is 2.23. The first-order valence-electron chi connectivity index (χ1n) is 8.72. The lowest BCUT2D eigenvalue weighted by atomic mass is 10.1. The van der Waals surface area contributed by atoms with E-state index < -0.39 is 0 Å². The Bertz CT molecular complexity index is 826. The molecule has 0 radical (unpaired) electrons. The number of nitrogens with zero attached hydrogens (tertiary/aromatic N) is 4. The minimum Gasteiger partial charge on any atom is -0.350 e. The van der Waals surface area contributed by atoms with Crippen LogP contribution in [0.25, 0.3) is 5.69 Å². The molecule has 2 amide bonds. The first-order valence-corrected chi connectivity index (χ1v) is 9.71. The fourth-order valence-electron chi connectivity index (χ4n) is 2.46. The zero-order chi connectivity index (χ0) is 20.2. The second-order valence-corrected chi connectivity index (χ2v) is 8.55. The van der Waals surface area contributed by atoms with E-state index in [0.29, 0.717) is 5.16 Å². The average molecular weight is 390 g/mol. The third-order valence-electron chi connectivity index (χ3n) is 3.79. The lowest BCUT2D eigenvalue weighted by Crippen LogP contribution is -2.46. The summed E-state index contributed by atoms with van der Waals surface area (Å²) in [6, 6.07) is 6.16. The average Bonchev–Trinajstić information content (AvgIpc) is 3.01. The normalized spacial score (nSPS) is 11.3. The van der Waals surface area contributed by atoms with Crippen molar-refractivity contribution in [3.05, 3.63) is 35.7 Å². The molecule has 146 valence electrons. The molecular formula is C19H27N5O2S. The topological polar surface area (TPSA) is 80.1 Å². The Hall–Kier alpha value is -2.35. The summed E-state index contributed by atoms with van der Waals surface area (Å²) in [6.07, 6.45) is 1.65. The predicted molar refractivity (Wildman–Crippen MR) is 107 cm³/mol. The number of carbonyl (C=O) groups excluding carboxylic acids is 2. The Balaban J connectivity index is 1.99. The van der Waals surface area contributed by atoms with Crippen LogP contribution in [0.2, 0.25) is 0 Å². The highest BCUT2D eigenvalue weighted by atomic mass is 32.2. The van der Waals surface area contributed by atoms with Gasteiger partial charge in [0.1, 0.15) is 6.33 Å². The molecule has 1 aromatic carbocycles. The Morgan fingerprint density at radius 2 is 1.96 bits per heavy atom. The van der Waals surface area contributed by atoms with E-state index in [0.717, 1.165) is 16.8 Å². The summed E-state index contributed by atoms with van der Waals surface area (Å²) in [7, 11) is 1.63. The lowest BCUT2D eigenvalue weighted by Gasteiger charge is -2.23. The van der Waals surface area contributed by atoms with Gasteiger partial charge in [0.2, 0.25) is 11.8 Å². The quantitative estimate of drug-likeness (QED) is 0.767. The van der Waals surface area contributed by atoms with Gasteiger partial charge in [0.25, 0.3) is 0 Å². The molecule has 0 atom stereocenters. The van der Waals surface area contributed by atoms with Crippen LogP contribution in [-0.2, 0) is 9.59 Å². The maximum absolute atomic E-state index is 12.4. The summed E-state index contributed by atoms with van der Waals surface area (Å²) < 4.78 is 1.88. The smallest absolute Gasteiger partial charge is 0.240 e. The summed E-state index contributed by atoms with van der Waals surface area (Å²) in [5.41, 5.74) is 2.91. The summed E-state index contributed by atoms with van der Waals surface area (Å²) in [4.78, 5) is 25.8. The van der Waals surface area contributed by atoms with Gasteiger partial charge in [-0.25, -0.2) is 0 Å². The molecule has 1 heterocycles. The Morgan fingerprint density at radius 3 is 2.63 bits per heavy atom. The molecule has 0 saturated carbocycles. The van der Waals surface area contributed by atoms with E-state index in [2.05, 4.69) is 27.6 Å². The number of aryl methyl sites for hydroxylation is 2. The van der Waals surface area contributed by atoms with Crippen LogP contribution in [0.5, 0.6) is 0 Å². The van der Waals surface area contributed by atoms with Crippen molar-refractivity contribution < 1.29 is 9.59 Å². The molecule has 0 fully saturated rings. The molecule has 2 rings (SSSR count). The van der Waals surface area contributed by atoms with Gasteiger partial charge in [0.05, 0.1) is 18.0 Å². The van der Waals surface area contributed by atoms with Crippen molar-refractivity contribution in [3.8, 4) is 5.69 Å². The molecule has 1 N–H and O–H groups in total. The SMILES string of the molecule is Cc1ccc(C)c(-n2cnnc2SCC(=O)N(C)CC(=O)NC(C)(C)C)c1. The number of rotatable bonds is 6. The first kappa shape index (κ1) is 21.0. The van der Waals surface area contributed by atoms with Crippen molar-refractivity contribution in [3.63, 3.8) is 0 Å². The van der Waals surface area contributed by atoms with Gasteiger partial charge < -0.3 is 10.2 Å². The largest absolute Gasteiger partial charge is 0.350 e. The van der Waals surface area contributed by atoms with Crippen molar-refractivity contribution in [1.29, 1.82) is 0 Å². The van der Waals surface area contributed by atoms with E-state index in [4.69, 9.17) is 0 Å². The lowest BCUT2D eigenvalue weighted by molar-refractivity contribution is -0.133. The Kier molecular flexibility index (Phi) is 6.64. The van der Waals surface area contributed by atoms with Crippen molar-refractivity contribution >= 4 is 23.6 Å². The molecule has 0 aliphatic heterocycles. The van der Waals surface area contributed by atoms with Crippen LogP contribution in [0, 0.1) is 13.8 Å². The fraction of sp³-hybridized carbons (Fsp3) is 0.474. The van der Waals surface area contributed by atoms with Gasteiger partial charge >= 0.3 is 0 Å². The highest BCUT2D eigenvalue weighted by Gasteiger charge is 2.19. The van der Waals surface area contributed by atoms with E-state index in [-0.39, 0.29) is 29.7 Å². The van der Waals surface area contributed by atoms with E-state index in [1.165, 1.54) is 16.7 Å². The van der Waals surface area contributed by atoms with Gasteiger partial charge in [-0.3, -0.25) is 14.2 Å². The van der Waals surface area contributed by atoms with Gasteiger partial charge in [-0.15, -0.1) is 10.2 Å². The van der Waals surface area contributed by atoms with Crippen molar-refractivity contribution in [2.45, 2.75) is 45.3 Å². The highest BCUT2D eigenvalue weighted by molar-refractivity contribution is 7.99. The summed E-state index contributed by atoms with van der Waals surface area (Å²) in [6.45, 7) is 9.80. The van der Waals surface area contributed by atoms with Crippen molar-refractivity contribution in [1.82, 2.24) is 25.0 Å². The second-order valence-electron chi connectivity index (χ2n) is 7.61. The zero-order valence-corrected chi connectivity index (χ0v) is 17.6. The van der Waals surface area contributed by atoms with Crippen LogP contribution in [0.1, 0.15) is 31.9 Å². The number of likely N-dealkylation sites (N-methyl/N-ethyl adjacent to an activating group) is 1. The molecule has 0 spiro atoms. The number of amides is 2. The van der Waals surface area contributed by atoms with Crippen LogP contribution in [0.3, 0.4) is 0 Å². The van der Waals surface area contributed by atoms with Crippen LogP contribution in [-0.4, -0.2) is 56.4 Å². The monoisotopic (exact) mass is 389 g/mol. The predicted octanol–water partition coefficient (Wildman–Crippen LogP) is 2.35. The third kappa shape index (κ3) is 6.09. The first-order chi connectivity index (χ1) is 12.6. The minimum absolute atomic E-state index is 0.0281. The standard InChI is InChI=1S/C19H27N5O2S/c1-13-7-8-14(2)15(9-13)24-12-20-22-18(24)27-11-17(26)23(6)10-16(25)21-19(3,4)5/h7-9,12H,10-11H2,1-6H3,(H,21,25). The molecule has 1 aromatic heterocycles. The Morgan fingerprint density at radius 1 is 1.26 bits per heavy atom. The number of hydrogen-bond acceptors (Lipinski definition) is 5. The van der Waals surface area contributed by atoms with Crippen LogP contribution in [0.15, 0.2) is 29.7 Å². The molecule has 27 heavy (non-hydrogen) atoms. The number of nitrogens with one attached hydrogen (secondary N) is 1. The second kappa shape index (κ2) is 8.56. The summed E-state index contributed by atoms with van der Waals surface area (Å²) in [5, 5.41) is 11.6. The molecule has 0 saturated heterocycles. The van der Waals surface area contributed by atoms with E-state index in [1.54, 1.807) is 13.4 Å². The summed E-state index contributed by atoms with van der Waals surface area (Å²) in [5.74, 6) is -0.135. The number of thioether (sulfide) groups is 1. The minimum atomic E-state index is -0.322. The molecule has 8 heteroatoms. The van der Waals surface area contributed by atoms with Gasteiger partial charge in [-0.2, -0.15) is 0 Å². The molecule has 0 aliphatic carbocycles. The summed E-state index contributed by atoms with van der Waals surface area (Å²) >= 11 is 1.31. The number of aromatic nitrogens is 3. The number of carbonyl (C=O) groups is 2.